The summed E-state index contributed by atoms with van der Waals surface area (Å²) < 4.78 is 11.2. The van der Waals surface area contributed by atoms with Gasteiger partial charge in [-0.3, -0.25) is 14.5 Å². The van der Waals surface area contributed by atoms with E-state index in [1.165, 1.54) is 23.9 Å². The molecule has 0 spiro atoms. The number of rotatable bonds is 11. The first kappa shape index (κ1) is 30.1. The molecule has 1 aromatic carbocycles. The first-order valence-electron chi connectivity index (χ1n) is 15.7. The number of oxazole rings is 1. The third-order valence-corrected chi connectivity index (χ3v) is 9.17. The molecule has 3 aliphatic rings. The van der Waals surface area contributed by atoms with Crippen molar-refractivity contribution in [3.63, 3.8) is 0 Å². The molecule has 11 nitrogen and oxygen atoms in total. The molecule has 1 aliphatic carbocycles. The predicted octanol–water partition coefficient (Wildman–Crippen LogP) is 3.31. The smallest absolute Gasteiger partial charge is 0.251 e. The molecule has 3 N–H and O–H groups in total. The Kier molecular flexibility index (Phi) is 9.42. The van der Waals surface area contributed by atoms with Crippen LogP contribution in [0.15, 0.2) is 47.5 Å². The molecule has 0 unspecified atom stereocenters. The third-order valence-electron chi connectivity index (χ3n) is 9.17. The van der Waals surface area contributed by atoms with E-state index in [4.69, 9.17) is 9.15 Å². The number of likely N-dealkylation sites (tertiary alicyclic amines) is 1. The van der Waals surface area contributed by atoms with E-state index < -0.39 is 6.10 Å². The van der Waals surface area contributed by atoms with Crippen molar-refractivity contribution in [2.24, 2.45) is 5.92 Å². The summed E-state index contributed by atoms with van der Waals surface area (Å²) in [6, 6.07) is 7.72. The number of aromatic nitrogens is 2. The minimum atomic E-state index is -0.696. The number of nitrogens with zero attached hydrogens (tertiary/aromatic N) is 4. The number of hydrogen-bond donors (Lipinski definition) is 3. The minimum absolute atomic E-state index is 0.161. The van der Waals surface area contributed by atoms with E-state index in [0.29, 0.717) is 36.2 Å². The Hall–Kier alpha value is -3.96. The quantitative estimate of drug-likeness (QED) is 0.302. The molecule has 1 saturated carbocycles. The van der Waals surface area contributed by atoms with Gasteiger partial charge in [-0.2, -0.15) is 0 Å². The maximum atomic E-state index is 12.9. The van der Waals surface area contributed by atoms with E-state index in [2.05, 4.69) is 38.5 Å². The molecule has 0 bridgehead atoms. The highest BCUT2D eigenvalue weighted by Crippen LogP contribution is 2.31. The van der Waals surface area contributed by atoms with Gasteiger partial charge in [0.1, 0.15) is 18.2 Å². The standard InChI is InChI=1S/C33H42N6O5/c1-22-29-10-12-38(18-25(29)5-6-30(22)43-20-28-17-34-21-44-28)19-27(40)16-36-32(41)24-7-11-35-31(15-24)37-26-8-13-39(14-9-26)33(42)23-3-2-4-23/h5-7,11,15,17,21,23,26-27,40H,2-4,8-10,12-14,16,18-20H2,1H3,(H,35,37)(H,36,41)/t27-/m0/s1. The fourth-order valence-corrected chi connectivity index (χ4v) is 6.34. The van der Waals surface area contributed by atoms with Crippen LogP contribution in [0.25, 0.3) is 0 Å². The number of pyridine rings is 1. The van der Waals surface area contributed by atoms with Crippen LogP contribution in [0.4, 0.5) is 5.82 Å². The van der Waals surface area contributed by atoms with Crippen LogP contribution >= 0.6 is 0 Å². The Morgan fingerprint density at radius 3 is 2.75 bits per heavy atom. The van der Waals surface area contributed by atoms with E-state index in [-0.39, 0.29) is 24.4 Å². The van der Waals surface area contributed by atoms with Gasteiger partial charge >= 0.3 is 0 Å². The molecule has 1 atom stereocenters. The number of benzene rings is 1. The Balaban J connectivity index is 0.938. The molecule has 44 heavy (non-hydrogen) atoms. The molecule has 234 valence electrons. The van der Waals surface area contributed by atoms with E-state index in [9.17, 15) is 14.7 Å². The molecule has 1 saturated heterocycles. The average molecular weight is 603 g/mol. The summed E-state index contributed by atoms with van der Waals surface area (Å²) in [4.78, 5) is 38.0. The molecular formula is C33H42N6O5. The SMILES string of the molecule is Cc1c(OCc2cnco2)ccc2c1CCN(C[C@@H](O)CNC(=O)c1ccnc(NC3CCN(C(=O)C4CCC4)CC3)c1)C2. The van der Waals surface area contributed by atoms with Crippen LogP contribution in [0.5, 0.6) is 5.75 Å². The van der Waals surface area contributed by atoms with Gasteiger partial charge in [0.15, 0.2) is 12.2 Å². The maximum absolute atomic E-state index is 12.9. The van der Waals surface area contributed by atoms with Gasteiger partial charge in [0.05, 0.1) is 12.3 Å². The van der Waals surface area contributed by atoms with E-state index >= 15 is 0 Å². The number of aliphatic hydroxyl groups excluding tert-OH is 1. The molecule has 11 heteroatoms. The molecular weight excluding hydrogens is 560 g/mol. The summed E-state index contributed by atoms with van der Waals surface area (Å²) in [6.45, 7) is 6.11. The highest BCUT2D eigenvalue weighted by atomic mass is 16.5. The van der Waals surface area contributed by atoms with Crippen LogP contribution in [-0.2, 0) is 24.4 Å². The highest BCUT2D eigenvalue weighted by molar-refractivity contribution is 5.94. The molecule has 6 rings (SSSR count). The molecule has 0 radical (unpaired) electrons. The minimum Gasteiger partial charge on any atom is -0.485 e. The van der Waals surface area contributed by atoms with Crippen molar-refractivity contribution in [3.8, 4) is 5.75 Å². The van der Waals surface area contributed by atoms with Gasteiger partial charge in [-0.15, -0.1) is 0 Å². The number of carbonyl (C=O) groups is 2. The number of β-amino-alcohol motifs (C(OH)–C–C–N with tert-alkyl or cyclic N) is 1. The Labute approximate surface area is 258 Å². The summed E-state index contributed by atoms with van der Waals surface area (Å²) in [5.41, 5.74) is 4.14. The van der Waals surface area contributed by atoms with Crippen LogP contribution < -0.4 is 15.4 Å². The lowest BCUT2D eigenvalue weighted by molar-refractivity contribution is -0.139. The van der Waals surface area contributed by atoms with Gasteiger partial charge < -0.3 is 29.8 Å². The first-order chi connectivity index (χ1) is 21.4. The second kappa shape index (κ2) is 13.8. The number of piperidine rings is 1. The van der Waals surface area contributed by atoms with Crippen LogP contribution in [0.2, 0.25) is 0 Å². The zero-order chi connectivity index (χ0) is 30.5. The number of ether oxygens (including phenoxy) is 1. The number of amides is 2. The van der Waals surface area contributed by atoms with Gasteiger partial charge in [0, 0.05) is 63.0 Å². The fraction of sp³-hybridized carbons (Fsp3) is 0.515. The summed E-state index contributed by atoms with van der Waals surface area (Å²) in [6.07, 6.45) is 9.80. The number of fused-ring (bicyclic) bond motifs is 1. The van der Waals surface area contributed by atoms with Gasteiger partial charge in [0.25, 0.3) is 5.91 Å². The number of aliphatic hydroxyl groups is 1. The van der Waals surface area contributed by atoms with E-state index in [0.717, 1.165) is 69.6 Å². The van der Waals surface area contributed by atoms with Crippen LogP contribution in [0.1, 0.15) is 64.9 Å². The number of carbonyl (C=O) groups excluding carboxylic acids is 2. The van der Waals surface area contributed by atoms with E-state index in [1.54, 1.807) is 24.5 Å². The molecule has 2 amide bonds. The lowest BCUT2D eigenvalue weighted by Gasteiger charge is -2.36. The molecule has 4 heterocycles. The van der Waals surface area contributed by atoms with Gasteiger partial charge in [-0.1, -0.05) is 12.5 Å². The number of anilines is 1. The van der Waals surface area contributed by atoms with Crippen molar-refractivity contribution in [2.75, 3.05) is 38.0 Å². The lowest BCUT2D eigenvalue weighted by atomic mass is 9.84. The first-order valence-corrected chi connectivity index (χ1v) is 15.7. The lowest BCUT2D eigenvalue weighted by Crippen LogP contribution is -2.46. The average Bonchev–Trinajstić information content (AvgIpc) is 3.53. The molecule has 2 aromatic heterocycles. The second-order valence-electron chi connectivity index (χ2n) is 12.2. The van der Waals surface area contributed by atoms with Crippen molar-refractivity contribution in [3.05, 3.63) is 71.1 Å². The summed E-state index contributed by atoms with van der Waals surface area (Å²) in [7, 11) is 0. The van der Waals surface area contributed by atoms with Crippen molar-refractivity contribution in [1.29, 1.82) is 0 Å². The van der Waals surface area contributed by atoms with Crippen molar-refractivity contribution >= 4 is 17.6 Å². The maximum Gasteiger partial charge on any atom is 0.251 e. The second-order valence-corrected chi connectivity index (χ2v) is 12.2. The molecule has 3 aromatic rings. The van der Waals surface area contributed by atoms with Gasteiger partial charge in [0.2, 0.25) is 5.91 Å². The monoisotopic (exact) mass is 602 g/mol. The molecule has 2 aliphatic heterocycles. The van der Waals surface area contributed by atoms with Crippen LogP contribution in [0, 0.1) is 12.8 Å². The predicted molar refractivity (Wildman–Crippen MR) is 164 cm³/mol. The summed E-state index contributed by atoms with van der Waals surface area (Å²) in [5, 5.41) is 17.1. The topological polar surface area (TPSA) is 133 Å². The zero-order valence-corrected chi connectivity index (χ0v) is 25.3. The summed E-state index contributed by atoms with van der Waals surface area (Å²) in [5.74, 6) is 2.48. The highest BCUT2D eigenvalue weighted by Gasteiger charge is 2.31. The Morgan fingerprint density at radius 1 is 1.16 bits per heavy atom. The largest absolute Gasteiger partial charge is 0.485 e. The van der Waals surface area contributed by atoms with Crippen molar-refractivity contribution in [1.82, 2.24) is 25.1 Å². The Morgan fingerprint density at radius 2 is 2.00 bits per heavy atom. The Bertz CT molecular complexity index is 1430. The summed E-state index contributed by atoms with van der Waals surface area (Å²) >= 11 is 0. The third kappa shape index (κ3) is 7.22. The molecule has 2 fully saturated rings. The van der Waals surface area contributed by atoms with Crippen molar-refractivity contribution < 1.29 is 23.8 Å². The fourth-order valence-electron chi connectivity index (χ4n) is 6.34. The van der Waals surface area contributed by atoms with Crippen LogP contribution in [-0.4, -0.2) is 81.6 Å². The zero-order valence-electron chi connectivity index (χ0n) is 25.3. The normalized spacial score (nSPS) is 18.3. The van der Waals surface area contributed by atoms with Gasteiger partial charge in [-0.25, -0.2) is 9.97 Å². The number of nitrogens with one attached hydrogen (secondary N) is 2. The van der Waals surface area contributed by atoms with Crippen molar-refractivity contribution in [2.45, 2.75) is 70.7 Å². The van der Waals surface area contributed by atoms with Crippen LogP contribution in [0.3, 0.4) is 0 Å². The van der Waals surface area contributed by atoms with Gasteiger partial charge in [-0.05, 0) is 73.9 Å². The number of hydrogen-bond acceptors (Lipinski definition) is 9. The van der Waals surface area contributed by atoms with E-state index in [1.807, 2.05) is 11.0 Å².